The Kier molecular flexibility index (Phi) is 13.3. The third kappa shape index (κ3) is 8.78. The van der Waals surface area contributed by atoms with Crippen LogP contribution < -0.4 is 9.80 Å². The van der Waals surface area contributed by atoms with E-state index in [0.29, 0.717) is 81.4 Å². The first kappa shape index (κ1) is 40.9. The number of hydrogen-bond donors (Lipinski definition) is 3. The first-order valence-electron chi connectivity index (χ1n) is 17.8. The lowest BCUT2D eigenvalue weighted by Crippen LogP contribution is -2.42. The summed E-state index contributed by atoms with van der Waals surface area (Å²) in [6.45, 7) is 21.9. The normalized spacial score (nSPS) is 16.8. The summed E-state index contributed by atoms with van der Waals surface area (Å²) in [4.78, 5) is 22.3. The van der Waals surface area contributed by atoms with Crippen LogP contribution in [-0.2, 0) is 9.47 Å². The van der Waals surface area contributed by atoms with E-state index in [-0.39, 0.29) is 18.8 Å². The Morgan fingerprint density at radius 3 is 1.65 bits per heavy atom. The number of aliphatic hydroxyl groups excluding tert-OH is 1. The second kappa shape index (κ2) is 18.6. The van der Waals surface area contributed by atoms with Crippen LogP contribution >= 0.6 is 69.1 Å². The van der Waals surface area contributed by atoms with Gasteiger partial charge in [0, 0.05) is 64.0 Å². The summed E-state index contributed by atoms with van der Waals surface area (Å²) < 4.78 is 11.5. The number of benzene rings is 2. The van der Waals surface area contributed by atoms with Crippen LogP contribution in [-0.4, -0.2) is 93.7 Å². The molecule has 0 amide bonds. The van der Waals surface area contributed by atoms with Crippen LogP contribution in [0.1, 0.15) is 19.8 Å². The van der Waals surface area contributed by atoms with E-state index in [0.717, 1.165) is 56.0 Å². The minimum absolute atomic E-state index is 0.0631. The van der Waals surface area contributed by atoms with Crippen molar-refractivity contribution in [3.05, 3.63) is 92.0 Å². The molecule has 2 fully saturated rings. The first-order valence-corrected chi connectivity index (χ1v) is 20.9. The summed E-state index contributed by atoms with van der Waals surface area (Å²) in [7, 11) is 0. The molecule has 2 saturated heterocycles. The van der Waals surface area contributed by atoms with E-state index in [2.05, 4.69) is 56.8 Å². The molecule has 19 heteroatoms. The van der Waals surface area contributed by atoms with E-state index in [1.54, 1.807) is 24.3 Å². The molecule has 0 bridgehead atoms. The average molecular weight is 885 g/mol. The van der Waals surface area contributed by atoms with Crippen LogP contribution in [0.4, 0.5) is 21.4 Å². The Balaban J connectivity index is 0.000000174. The number of aromatic nitrogens is 6. The Morgan fingerprint density at radius 1 is 0.772 bits per heavy atom. The first-order chi connectivity index (χ1) is 27.7. The van der Waals surface area contributed by atoms with Crippen molar-refractivity contribution in [3.63, 3.8) is 0 Å². The highest BCUT2D eigenvalue weighted by molar-refractivity contribution is 7.21. The Hall–Kier alpha value is -4.26. The van der Waals surface area contributed by atoms with Gasteiger partial charge in [-0.2, -0.15) is 10.2 Å². The zero-order valence-corrected chi connectivity index (χ0v) is 35.0. The van der Waals surface area contributed by atoms with Crippen molar-refractivity contribution in [1.82, 2.24) is 30.4 Å². The minimum Gasteiger partial charge on any atom is -0.396 e. The number of ether oxygens (including phenoxy) is 2. The molecule has 1 unspecified atom stereocenters. The number of nitrogens with one attached hydrogen (secondary N) is 2. The molecule has 0 aliphatic carbocycles. The quantitative estimate of drug-likeness (QED) is 0.121. The fraction of sp³-hybridized carbons (Fsp3) is 0.316. The lowest BCUT2D eigenvalue weighted by molar-refractivity contribution is 0.0249. The molecular weight excluding hydrogens is 850 g/mol. The Morgan fingerprint density at radius 2 is 1.25 bits per heavy atom. The van der Waals surface area contributed by atoms with E-state index < -0.39 is 0 Å². The molecule has 0 spiro atoms. The minimum atomic E-state index is -0.0780. The molecule has 8 rings (SSSR count). The second-order valence-electron chi connectivity index (χ2n) is 12.9. The van der Waals surface area contributed by atoms with E-state index in [1.165, 1.54) is 35.3 Å². The van der Waals surface area contributed by atoms with Crippen LogP contribution in [0.3, 0.4) is 0 Å². The number of rotatable bonds is 9. The number of halogens is 4. The van der Waals surface area contributed by atoms with Crippen LogP contribution in [0.5, 0.6) is 0 Å². The number of aromatic amines is 2. The number of anilines is 2. The maximum absolute atomic E-state index is 9.26. The van der Waals surface area contributed by atoms with Gasteiger partial charge in [-0.15, -0.1) is 22.7 Å². The fourth-order valence-corrected chi connectivity index (χ4v) is 10.2. The van der Waals surface area contributed by atoms with Gasteiger partial charge in [0.1, 0.15) is 12.7 Å². The highest BCUT2D eigenvalue weighted by Crippen LogP contribution is 2.55. The fourth-order valence-electron chi connectivity index (χ4n) is 6.68. The van der Waals surface area contributed by atoms with Crippen molar-refractivity contribution in [3.8, 4) is 43.7 Å². The zero-order valence-electron chi connectivity index (χ0n) is 30.3. The van der Waals surface area contributed by atoms with E-state index >= 15 is 0 Å². The second-order valence-corrected chi connectivity index (χ2v) is 16.5. The standard InChI is InChI=1S/C19H17Cl2N5O2S.C19H17Cl2N5OS/c1-22-16-15(13-3-2-11(20)8-14(13)21)17(18-23-10-24-25-18)29-19(16)26-5-7-28-12(9-26)4-6-27;1-3-12-9-26(6-7-27-12)19-16(22-2)15(13-5-4-11(20)8-14(13)21)17(28-19)18-23-10-24-25-18/h2-3,8,10,12,27H,4-7,9H2,(H,23,24,25);4-5,8,10,12H,3,6-7,9H2,1H3,(H,23,24,25)/t;12-/m.1/s1. The SMILES string of the molecule is [C-]#[N+]c1c(N2CCOC(CCO)C2)sc(-c2ncn[nH]2)c1-c1ccc(Cl)cc1Cl.[C-]#[N+]c1c(N2CCO[C@H](CC)C2)sc(-c2ncn[nH]2)c1-c1ccc(Cl)cc1Cl. The van der Waals surface area contributed by atoms with Crippen LogP contribution in [0.25, 0.3) is 53.3 Å². The molecule has 2 aliphatic heterocycles. The van der Waals surface area contributed by atoms with Gasteiger partial charge in [-0.05, 0) is 48.2 Å². The smallest absolute Gasteiger partial charge is 0.229 e. The molecule has 2 aliphatic rings. The number of H-pyrrole nitrogens is 2. The zero-order chi connectivity index (χ0) is 40.1. The summed E-state index contributed by atoms with van der Waals surface area (Å²) in [6.07, 6.45) is 4.46. The summed E-state index contributed by atoms with van der Waals surface area (Å²) in [6, 6.07) is 10.6. The van der Waals surface area contributed by atoms with Gasteiger partial charge < -0.3 is 24.4 Å². The van der Waals surface area contributed by atoms with Crippen LogP contribution in [0.15, 0.2) is 49.1 Å². The van der Waals surface area contributed by atoms with E-state index in [1.807, 2.05) is 12.1 Å². The number of morpholine rings is 2. The van der Waals surface area contributed by atoms with Gasteiger partial charge in [-0.3, -0.25) is 10.2 Å². The molecule has 2 aromatic carbocycles. The van der Waals surface area contributed by atoms with E-state index in [9.17, 15) is 5.11 Å². The van der Waals surface area contributed by atoms with Gasteiger partial charge in [0.15, 0.2) is 11.6 Å². The van der Waals surface area contributed by atoms with E-state index in [4.69, 9.17) is 69.0 Å². The molecule has 2 atom stereocenters. The van der Waals surface area contributed by atoms with Gasteiger partial charge in [-0.25, -0.2) is 19.7 Å². The highest BCUT2D eigenvalue weighted by Gasteiger charge is 2.31. The molecule has 6 heterocycles. The third-order valence-corrected chi connectivity index (χ3v) is 13.0. The lowest BCUT2D eigenvalue weighted by Gasteiger charge is -2.33. The number of aliphatic hydroxyl groups is 1. The Bertz CT molecular complexity index is 2410. The molecular formula is C38H34Cl4N10O3S2. The molecule has 0 saturated carbocycles. The lowest BCUT2D eigenvalue weighted by atomic mass is 10.0. The largest absolute Gasteiger partial charge is 0.396 e. The van der Waals surface area contributed by atoms with Gasteiger partial charge in [0.2, 0.25) is 11.4 Å². The molecule has 57 heavy (non-hydrogen) atoms. The predicted molar refractivity (Wildman–Crippen MR) is 229 cm³/mol. The number of thiophene rings is 2. The monoisotopic (exact) mass is 882 g/mol. The summed E-state index contributed by atoms with van der Waals surface area (Å²) in [5.74, 6) is 1.19. The highest BCUT2D eigenvalue weighted by atomic mass is 35.5. The van der Waals surface area contributed by atoms with Gasteiger partial charge in [-0.1, -0.05) is 65.5 Å². The Labute approximate surface area is 356 Å². The van der Waals surface area contributed by atoms with Gasteiger partial charge in [0.25, 0.3) is 0 Å². The summed E-state index contributed by atoms with van der Waals surface area (Å²) in [5, 5.41) is 26.8. The summed E-state index contributed by atoms with van der Waals surface area (Å²) in [5.41, 5.74) is 4.02. The molecule has 3 N–H and O–H groups in total. The van der Waals surface area contributed by atoms with Crippen molar-refractivity contribution in [2.45, 2.75) is 32.0 Å². The van der Waals surface area contributed by atoms with Gasteiger partial charge in [0.05, 0.1) is 58.3 Å². The number of hydrogen-bond acceptors (Lipinski definition) is 11. The van der Waals surface area contributed by atoms with Crippen molar-refractivity contribution < 1.29 is 14.6 Å². The van der Waals surface area contributed by atoms with Gasteiger partial charge >= 0.3 is 0 Å². The predicted octanol–water partition coefficient (Wildman–Crippen LogP) is 10.3. The average Bonchev–Trinajstić information content (AvgIpc) is 4.05. The molecule has 4 aromatic heterocycles. The third-order valence-electron chi connectivity index (χ3n) is 9.37. The molecule has 294 valence electrons. The van der Waals surface area contributed by atoms with Crippen molar-refractivity contribution in [1.29, 1.82) is 0 Å². The number of nitrogens with zero attached hydrogens (tertiary/aromatic N) is 8. The summed E-state index contributed by atoms with van der Waals surface area (Å²) >= 11 is 28.2. The topological polar surface area (TPSA) is 137 Å². The maximum Gasteiger partial charge on any atom is 0.229 e. The molecule has 0 radical (unpaired) electrons. The van der Waals surface area contributed by atoms with Crippen LogP contribution in [0.2, 0.25) is 20.1 Å². The van der Waals surface area contributed by atoms with Crippen molar-refractivity contribution in [2.75, 3.05) is 55.8 Å². The van der Waals surface area contributed by atoms with Crippen molar-refractivity contribution >= 4 is 90.5 Å². The van der Waals surface area contributed by atoms with Crippen LogP contribution in [0, 0.1) is 13.1 Å². The molecule has 13 nitrogen and oxygen atoms in total. The maximum atomic E-state index is 9.26. The molecule has 6 aromatic rings. The van der Waals surface area contributed by atoms with Crippen molar-refractivity contribution in [2.24, 2.45) is 0 Å².